The lowest BCUT2D eigenvalue weighted by Crippen LogP contribution is -2.30. The summed E-state index contributed by atoms with van der Waals surface area (Å²) in [5.74, 6) is 0. The van der Waals surface area contributed by atoms with Crippen LogP contribution in [0.1, 0.15) is 19.3 Å². The first-order chi connectivity index (χ1) is 6.88. The van der Waals surface area contributed by atoms with Gasteiger partial charge in [-0.15, -0.1) is 0 Å². The second-order valence-electron chi connectivity index (χ2n) is 3.57. The van der Waals surface area contributed by atoms with E-state index in [2.05, 4.69) is 14.9 Å². The third-order valence-corrected chi connectivity index (χ3v) is 2.41. The Morgan fingerprint density at radius 1 is 1.50 bits per heavy atom. The van der Waals surface area contributed by atoms with Crippen molar-refractivity contribution < 1.29 is 4.74 Å². The van der Waals surface area contributed by atoms with Crippen LogP contribution >= 0.6 is 0 Å². The first-order valence-corrected chi connectivity index (χ1v) is 5.12. The maximum absolute atomic E-state index is 8.12. The second-order valence-corrected chi connectivity index (χ2v) is 3.57. The summed E-state index contributed by atoms with van der Waals surface area (Å²) in [4.78, 5) is 5.16. The summed E-state index contributed by atoms with van der Waals surface area (Å²) in [6.07, 6.45) is 3.57. The highest BCUT2D eigenvalue weighted by atomic mass is 16.5. The Hall–Kier alpha value is -0.770. The predicted octanol–water partition coefficient (Wildman–Crippen LogP) is 1.80. The number of methoxy groups -OCH3 is 1. The molecule has 1 aliphatic rings. The SMILES string of the molecule is COCCN(CCCN=[N+]=[N-])C1CC1. The van der Waals surface area contributed by atoms with E-state index in [0.29, 0.717) is 6.54 Å². The normalized spacial score (nSPS) is 15.6. The monoisotopic (exact) mass is 198 g/mol. The Balaban J connectivity index is 2.11. The minimum Gasteiger partial charge on any atom is -0.383 e. The van der Waals surface area contributed by atoms with Crippen molar-refractivity contribution in [1.29, 1.82) is 0 Å². The summed E-state index contributed by atoms with van der Waals surface area (Å²) in [5.41, 5.74) is 8.12. The van der Waals surface area contributed by atoms with E-state index in [1.807, 2.05) is 0 Å². The van der Waals surface area contributed by atoms with E-state index in [9.17, 15) is 0 Å². The highest BCUT2D eigenvalue weighted by molar-refractivity contribution is 4.84. The number of hydrogen-bond acceptors (Lipinski definition) is 3. The average Bonchev–Trinajstić information content (AvgIpc) is 3.00. The van der Waals surface area contributed by atoms with Gasteiger partial charge in [-0.05, 0) is 31.3 Å². The van der Waals surface area contributed by atoms with Gasteiger partial charge in [0.25, 0.3) is 0 Å². The van der Waals surface area contributed by atoms with Gasteiger partial charge in [0, 0.05) is 31.2 Å². The van der Waals surface area contributed by atoms with Crippen LogP contribution in [-0.4, -0.2) is 44.3 Å². The zero-order valence-electron chi connectivity index (χ0n) is 8.72. The van der Waals surface area contributed by atoms with Crippen molar-refractivity contribution in [2.75, 3.05) is 33.4 Å². The van der Waals surface area contributed by atoms with E-state index in [0.717, 1.165) is 32.2 Å². The molecule has 0 aromatic carbocycles. The molecule has 5 nitrogen and oxygen atoms in total. The Kier molecular flexibility index (Phi) is 5.37. The van der Waals surface area contributed by atoms with E-state index in [1.165, 1.54) is 12.8 Å². The zero-order chi connectivity index (χ0) is 10.2. The fourth-order valence-electron chi connectivity index (χ4n) is 1.51. The molecule has 5 heteroatoms. The molecule has 1 rings (SSSR count). The third kappa shape index (κ3) is 4.46. The van der Waals surface area contributed by atoms with Crippen molar-refractivity contribution in [1.82, 2.24) is 4.90 Å². The molecule has 0 aromatic heterocycles. The molecule has 0 bridgehead atoms. The number of nitrogens with zero attached hydrogens (tertiary/aromatic N) is 4. The number of ether oxygens (including phenoxy) is 1. The van der Waals surface area contributed by atoms with Crippen LogP contribution < -0.4 is 0 Å². The molecule has 1 fully saturated rings. The van der Waals surface area contributed by atoms with Crippen LogP contribution in [0.15, 0.2) is 5.11 Å². The number of azide groups is 1. The van der Waals surface area contributed by atoms with Gasteiger partial charge in [-0.2, -0.15) is 0 Å². The van der Waals surface area contributed by atoms with Crippen LogP contribution in [0.3, 0.4) is 0 Å². The summed E-state index contributed by atoms with van der Waals surface area (Å²) in [6, 6.07) is 0.760. The van der Waals surface area contributed by atoms with E-state index >= 15 is 0 Å². The fraction of sp³-hybridized carbons (Fsp3) is 1.00. The largest absolute Gasteiger partial charge is 0.383 e. The topological polar surface area (TPSA) is 61.2 Å². The Bertz CT molecular complexity index is 199. The summed E-state index contributed by atoms with van der Waals surface area (Å²) in [5, 5.41) is 3.53. The first kappa shape index (κ1) is 11.3. The number of hydrogen-bond donors (Lipinski definition) is 0. The molecule has 0 spiro atoms. The Labute approximate surface area is 84.7 Å². The van der Waals surface area contributed by atoms with E-state index in [4.69, 9.17) is 10.3 Å². The molecule has 0 N–H and O–H groups in total. The maximum Gasteiger partial charge on any atom is 0.0589 e. The van der Waals surface area contributed by atoms with Crippen molar-refractivity contribution in [3.63, 3.8) is 0 Å². The van der Waals surface area contributed by atoms with Gasteiger partial charge in [0.05, 0.1) is 6.61 Å². The van der Waals surface area contributed by atoms with Crippen LogP contribution in [0, 0.1) is 0 Å². The number of rotatable bonds is 8. The molecule has 1 aliphatic carbocycles. The van der Waals surface area contributed by atoms with E-state index in [-0.39, 0.29) is 0 Å². The second kappa shape index (κ2) is 6.65. The minimum atomic E-state index is 0.604. The van der Waals surface area contributed by atoms with Gasteiger partial charge >= 0.3 is 0 Å². The van der Waals surface area contributed by atoms with Gasteiger partial charge in [-0.1, -0.05) is 5.11 Å². The molecule has 14 heavy (non-hydrogen) atoms. The molecule has 0 radical (unpaired) electrons. The van der Waals surface area contributed by atoms with Crippen LogP contribution in [0.5, 0.6) is 0 Å². The van der Waals surface area contributed by atoms with Gasteiger partial charge < -0.3 is 4.74 Å². The molecule has 0 saturated heterocycles. The lowest BCUT2D eigenvalue weighted by Gasteiger charge is -2.20. The van der Waals surface area contributed by atoms with Crippen molar-refractivity contribution in [2.24, 2.45) is 5.11 Å². The molecule has 1 saturated carbocycles. The fourth-order valence-corrected chi connectivity index (χ4v) is 1.51. The smallest absolute Gasteiger partial charge is 0.0589 e. The van der Waals surface area contributed by atoms with Crippen molar-refractivity contribution in [3.05, 3.63) is 10.4 Å². The molecule has 80 valence electrons. The lowest BCUT2D eigenvalue weighted by atomic mass is 10.3. The van der Waals surface area contributed by atoms with Crippen molar-refractivity contribution in [2.45, 2.75) is 25.3 Å². The van der Waals surface area contributed by atoms with Crippen LogP contribution in [0.2, 0.25) is 0 Å². The van der Waals surface area contributed by atoms with Gasteiger partial charge in [-0.3, -0.25) is 4.90 Å². The molecule has 0 aliphatic heterocycles. The standard InChI is InChI=1S/C9H18N4O/c1-14-8-7-13(9-3-4-9)6-2-5-11-12-10/h9H,2-8H2,1H3. The predicted molar refractivity (Wildman–Crippen MR) is 55.1 cm³/mol. The summed E-state index contributed by atoms with van der Waals surface area (Å²) in [7, 11) is 1.73. The zero-order valence-corrected chi connectivity index (χ0v) is 8.72. The Morgan fingerprint density at radius 3 is 2.86 bits per heavy atom. The maximum atomic E-state index is 8.12. The Morgan fingerprint density at radius 2 is 2.29 bits per heavy atom. The van der Waals surface area contributed by atoms with Gasteiger partial charge in [-0.25, -0.2) is 0 Å². The van der Waals surface area contributed by atoms with E-state index < -0.39 is 0 Å². The lowest BCUT2D eigenvalue weighted by molar-refractivity contribution is 0.143. The minimum absolute atomic E-state index is 0.604. The highest BCUT2D eigenvalue weighted by Gasteiger charge is 2.27. The molecule has 0 unspecified atom stereocenters. The van der Waals surface area contributed by atoms with E-state index in [1.54, 1.807) is 7.11 Å². The van der Waals surface area contributed by atoms with Crippen molar-refractivity contribution in [3.8, 4) is 0 Å². The average molecular weight is 198 g/mol. The molecule has 0 atom stereocenters. The van der Waals surface area contributed by atoms with Gasteiger partial charge in [0.2, 0.25) is 0 Å². The van der Waals surface area contributed by atoms with Crippen LogP contribution in [0.25, 0.3) is 10.4 Å². The third-order valence-electron chi connectivity index (χ3n) is 2.41. The van der Waals surface area contributed by atoms with Crippen LogP contribution in [0.4, 0.5) is 0 Å². The van der Waals surface area contributed by atoms with Crippen molar-refractivity contribution >= 4 is 0 Å². The summed E-state index contributed by atoms with van der Waals surface area (Å²) in [6.45, 7) is 3.41. The van der Waals surface area contributed by atoms with Crippen LogP contribution in [-0.2, 0) is 4.74 Å². The molecule has 0 amide bonds. The molecule has 0 aromatic rings. The molecular formula is C9H18N4O. The van der Waals surface area contributed by atoms with Gasteiger partial charge in [0.15, 0.2) is 0 Å². The summed E-state index contributed by atoms with van der Waals surface area (Å²) < 4.78 is 5.05. The van der Waals surface area contributed by atoms with Gasteiger partial charge in [0.1, 0.15) is 0 Å². The molecule has 0 heterocycles. The first-order valence-electron chi connectivity index (χ1n) is 5.12. The quantitative estimate of drug-likeness (QED) is 0.258. The highest BCUT2D eigenvalue weighted by Crippen LogP contribution is 2.26. The molecular weight excluding hydrogens is 180 g/mol. The summed E-state index contributed by atoms with van der Waals surface area (Å²) >= 11 is 0.